The van der Waals surface area contributed by atoms with Gasteiger partial charge in [-0.2, -0.15) is 5.10 Å². The fourth-order valence-electron chi connectivity index (χ4n) is 2.15. The number of rotatable bonds is 5. The Kier molecular flexibility index (Phi) is 4.81. The van der Waals surface area contributed by atoms with Gasteiger partial charge in [0.05, 0.1) is 23.0 Å². The van der Waals surface area contributed by atoms with Gasteiger partial charge in [-0.1, -0.05) is 23.9 Å². The Morgan fingerprint density at radius 3 is 2.79 bits per heavy atom. The van der Waals surface area contributed by atoms with E-state index in [9.17, 15) is 9.90 Å². The molecule has 1 amide bonds. The van der Waals surface area contributed by atoms with Crippen molar-refractivity contribution in [1.29, 1.82) is 0 Å². The standard InChI is InChI=1S/C17H16N4O2S/c1-21-15-5-3-2-4-14(15)19-17(21)24-11-16(23)20-18-10-12-6-8-13(22)9-7-12/h2-10,22H,11H2,1H3,(H,20,23)/b18-10-. The van der Waals surface area contributed by atoms with Gasteiger partial charge in [0.1, 0.15) is 5.75 Å². The summed E-state index contributed by atoms with van der Waals surface area (Å²) in [7, 11) is 1.93. The third-order valence-electron chi connectivity index (χ3n) is 3.37. The number of aromatic nitrogens is 2. The van der Waals surface area contributed by atoms with Gasteiger partial charge < -0.3 is 9.67 Å². The number of para-hydroxylation sites is 2. The van der Waals surface area contributed by atoms with Crippen LogP contribution in [-0.4, -0.2) is 32.5 Å². The molecule has 1 heterocycles. The topological polar surface area (TPSA) is 79.5 Å². The zero-order chi connectivity index (χ0) is 16.9. The molecular weight excluding hydrogens is 324 g/mol. The van der Waals surface area contributed by atoms with E-state index in [1.165, 1.54) is 18.0 Å². The van der Waals surface area contributed by atoms with E-state index in [1.807, 2.05) is 35.9 Å². The molecule has 6 nitrogen and oxygen atoms in total. The average Bonchev–Trinajstić information content (AvgIpc) is 2.91. The normalized spacial score (nSPS) is 11.2. The number of hydrogen-bond acceptors (Lipinski definition) is 5. The highest BCUT2D eigenvalue weighted by atomic mass is 32.2. The van der Waals surface area contributed by atoms with Crippen LogP contribution in [0.4, 0.5) is 0 Å². The molecule has 0 fully saturated rings. The summed E-state index contributed by atoms with van der Waals surface area (Å²) in [5.41, 5.74) is 5.21. The van der Waals surface area contributed by atoms with Crippen LogP contribution in [0.2, 0.25) is 0 Å². The molecular formula is C17H16N4O2S. The van der Waals surface area contributed by atoms with E-state index < -0.39 is 0 Å². The highest BCUT2D eigenvalue weighted by molar-refractivity contribution is 7.99. The van der Waals surface area contributed by atoms with Crippen LogP contribution in [0.15, 0.2) is 58.8 Å². The van der Waals surface area contributed by atoms with E-state index in [-0.39, 0.29) is 17.4 Å². The van der Waals surface area contributed by atoms with Crippen molar-refractivity contribution < 1.29 is 9.90 Å². The summed E-state index contributed by atoms with van der Waals surface area (Å²) in [5, 5.41) is 13.9. The van der Waals surface area contributed by atoms with Crippen LogP contribution in [-0.2, 0) is 11.8 Å². The molecule has 7 heteroatoms. The first-order chi connectivity index (χ1) is 11.6. The van der Waals surface area contributed by atoms with Crippen molar-refractivity contribution in [3.05, 3.63) is 54.1 Å². The lowest BCUT2D eigenvalue weighted by atomic mass is 10.2. The molecule has 0 saturated heterocycles. The number of amides is 1. The molecule has 1 aromatic heterocycles. The molecule has 0 atom stereocenters. The molecule has 3 aromatic rings. The van der Waals surface area contributed by atoms with Gasteiger partial charge in [-0.25, -0.2) is 10.4 Å². The second kappa shape index (κ2) is 7.18. The number of thioether (sulfide) groups is 1. The van der Waals surface area contributed by atoms with Gasteiger partial charge in [0.15, 0.2) is 5.16 Å². The third kappa shape index (κ3) is 3.75. The Morgan fingerprint density at radius 1 is 1.29 bits per heavy atom. The number of fused-ring (bicyclic) bond motifs is 1. The third-order valence-corrected chi connectivity index (χ3v) is 4.40. The number of hydrogen-bond donors (Lipinski definition) is 2. The molecule has 0 unspecified atom stereocenters. The smallest absolute Gasteiger partial charge is 0.250 e. The monoisotopic (exact) mass is 340 g/mol. The van der Waals surface area contributed by atoms with Crippen LogP contribution >= 0.6 is 11.8 Å². The fraction of sp³-hybridized carbons (Fsp3) is 0.118. The lowest BCUT2D eigenvalue weighted by molar-refractivity contribution is -0.118. The van der Waals surface area contributed by atoms with Gasteiger partial charge in [0.25, 0.3) is 5.91 Å². The minimum absolute atomic E-state index is 0.190. The van der Waals surface area contributed by atoms with Gasteiger partial charge >= 0.3 is 0 Å². The van der Waals surface area contributed by atoms with Crippen LogP contribution in [0, 0.1) is 0 Å². The molecule has 0 radical (unpaired) electrons. The summed E-state index contributed by atoms with van der Waals surface area (Å²) in [6.45, 7) is 0. The molecule has 122 valence electrons. The zero-order valence-electron chi connectivity index (χ0n) is 13.0. The van der Waals surface area contributed by atoms with E-state index in [1.54, 1.807) is 24.3 Å². The Bertz CT molecular complexity index is 887. The first-order valence-corrected chi connectivity index (χ1v) is 8.27. The van der Waals surface area contributed by atoms with Crippen LogP contribution in [0.25, 0.3) is 11.0 Å². The maximum atomic E-state index is 11.9. The van der Waals surface area contributed by atoms with Gasteiger partial charge in [0.2, 0.25) is 0 Å². The first kappa shape index (κ1) is 16.1. The highest BCUT2D eigenvalue weighted by Gasteiger charge is 2.09. The summed E-state index contributed by atoms with van der Waals surface area (Å²) in [6, 6.07) is 14.4. The number of aromatic hydroxyl groups is 1. The number of carbonyl (C=O) groups is 1. The molecule has 0 saturated carbocycles. The molecule has 2 aromatic carbocycles. The average molecular weight is 340 g/mol. The Hall–Kier alpha value is -2.80. The van der Waals surface area contributed by atoms with Crippen molar-refractivity contribution in [2.45, 2.75) is 5.16 Å². The van der Waals surface area contributed by atoms with Crippen molar-refractivity contribution in [2.75, 3.05) is 5.75 Å². The molecule has 0 bridgehead atoms. The minimum Gasteiger partial charge on any atom is -0.508 e. The molecule has 0 aliphatic rings. The predicted molar refractivity (Wildman–Crippen MR) is 95.3 cm³/mol. The number of aryl methyl sites for hydroxylation is 1. The first-order valence-electron chi connectivity index (χ1n) is 7.28. The molecule has 0 aliphatic heterocycles. The molecule has 0 spiro atoms. The lowest BCUT2D eigenvalue weighted by Gasteiger charge is -2.01. The van der Waals surface area contributed by atoms with E-state index in [4.69, 9.17) is 0 Å². The molecule has 0 aliphatic carbocycles. The van der Waals surface area contributed by atoms with E-state index in [0.29, 0.717) is 0 Å². The number of carbonyl (C=O) groups excluding carboxylic acids is 1. The summed E-state index contributed by atoms with van der Waals surface area (Å²) in [5.74, 6) is 0.210. The number of benzene rings is 2. The van der Waals surface area contributed by atoms with Crippen molar-refractivity contribution in [2.24, 2.45) is 12.1 Å². The second-order valence-corrected chi connectivity index (χ2v) is 6.06. The summed E-state index contributed by atoms with van der Waals surface area (Å²) in [4.78, 5) is 16.4. The number of imidazole rings is 1. The van der Waals surface area contributed by atoms with Gasteiger partial charge in [-0.3, -0.25) is 4.79 Å². The Balaban J connectivity index is 1.55. The summed E-state index contributed by atoms with van der Waals surface area (Å²) >= 11 is 1.36. The van der Waals surface area contributed by atoms with Crippen molar-refractivity contribution >= 4 is 34.9 Å². The SMILES string of the molecule is Cn1c(SCC(=O)N/N=C\c2ccc(O)cc2)nc2ccccc21. The van der Waals surface area contributed by atoms with Gasteiger partial charge in [0, 0.05) is 7.05 Å². The fourth-order valence-corrected chi connectivity index (χ4v) is 2.93. The number of nitrogens with one attached hydrogen (secondary N) is 1. The second-order valence-electron chi connectivity index (χ2n) is 5.12. The Labute approximate surface area is 143 Å². The van der Waals surface area contributed by atoms with Crippen LogP contribution in [0.5, 0.6) is 5.75 Å². The largest absolute Gasteiger partial charge is 0.508 e. The number of hydrazone groups is 1. The maximum Gasteiger partial charge on any atom is 0.250 e. The lowest BCUT2D eigenvalue weighted by Crippen LogP contribution is -2.19. The zero-order valence-corrected chi connectivity index (χ0v) is 13.8. The minimum atomic E-state index is -0.206. The van der Waals surface area contributed by atoms with Crippen molar-refractivity contribution in [1.82, 2.24) is 15.0 Å². The van der Waals surface area contributed by atoms with Gasteiger partial charge in [-0.15, -0.1) is 0 Å². The van der Waals surface area contributed by atoms with Crippen molar-refractivity contribution in [3.8, 4) is 5.75 Å². The van der Waals surface area contributed by atoms with Crippen LogP contribution in [0.1, 0.15) is 5.56 Å². The number of phenols is 1. The van der Waals surface area contributed by atoms with Crippen LogP contribution in [0.3, 0.4) is 0 Å². The molecule has 24 heavy (non-hydrogen) atoms. The number of phenolic OH excluding ortho intramolecular Hbond substituents is 1. The summed E-state index contributed by atoms with van der Waals surface area (Å²) < 4.78 is 1.97. The highest BCUT2D eigenvalue weighted by Crippen LogP contribution is 2.22. The van der Waals surface area contributed by atoms with Crippen molar-refractivity contribution in [3.63, 3.8) is 0 Å². The van der Waals surface area contributed by atoms with E-state index >= 15 is 0 Å². The Morgan fingerprint density at radius 2 is 2.04 bits per heavy atom. The maximum absolute atomic E-state index is 11.9. The quantitative estimate of drug-likeness (QED) is 0.425. The summed E-state index contributed by atoms with van der Waals surface area (Å²) in [6.07, 6.45) is 1.52. The van der Waals surface area contributed by atoms with Gasteiger partial charge in [-0.05, 0) is 42.0 Å². The molecule has 2 N–H and O–H groups in total. The number of nitrogens with zero attached hydrogens (tertiary/aromatic N) is 3. The van der Waals surface area contributed by atoms with E-state index in [0.717, 1.165) is 21.8 Å². The van der Waals surface area contributed by atoms with E-state index in [2.05, 4.69) is 15.5 Å². The predicted octanol–water partition coefficient (Wildman–Crippen LogP) is 2.52. The van der Waals surface area contributed by atoms with Crippen LogP contribution < -0.4 is 5.43 Å². The molecule has 3 rings (SSSR count).